The Bertz CT molecular complexity index is 701. The van der Waals surface area contributed by atoms with Gasteiger partial charge in [-0.25, -0.2) is 4.79 Å². The smallest absolute Gasteiger partial charge is 0.406 e. The van der Waals surface area contributed by atoms with E-state index < -0.39 is 33.7 Å². The average molecular weight is 325 g/mol. The highest BCUT2D eigenvalue weighted by molar-refractivity contribution is 6.36. The highest BCUT2D eigenvalue weighted by Gasteiger charge is 2.53. The summed E-state index contributed by atoms with van der Waals surface area (Å²) in [6.07, 6.45) is -1.88. The van der Waals surface area contributed by atoms with E-state index in [1.165, 1.54) is 25.1 Å². The van der Waals surface area contributed by atoms with Crippen molar-refractivity contribution in [2.75, 3.05) is 6.61 Å². The van der Waals surface area contributed by atoms with Crippen molar-refractivity contribution in [3.63, 3.8) is 0 Å². The summed E-state index contributed by atoms with van der Waals surface area (Å²) in [7, 11) is 0. The van der Waals surface area contributed by atoms with E-state index in [1.807, 2.05) is 0 Å². The molecule has 2 atom stereocenters. The SMILES string of the molecule is CCOC(=O)C1=[N+]([O-])OC([N+](=O)[O-])C1c1cccc([N+](=O)[O-])c1. The van der Waals surface area contributed by atoms with Crippen molar-refractivity contribution in [3.8, 4) is 0 Å². The minimum absolute atomic E-state index is 0.0299. The molecule has 0 fully saturated rings. The van der Waals surface area contributed by atoms with Crippen LogP contribution in [-0.4, -0.2) is 39.3 Å². The first-order valence-corrected chi connectivity index (χ1v) is 6.42. The fraction of sp³-hybridized carbons (Fsp3) is 0.333. The Hall–Kier alpha value is -3.24. The number of esters is 1. The predicted octanol–water partition coefficient (Wildman–Crippen LogP) is 0.741. The Morgan fingerprint density at radius 1 is 1.39 bits per heavy atom. The van der Waals surface area contributed by atoms with E-state index in [0.717, 1.165) is 6.07 Å². The van der Waals surface area contributed by atoms with Crippen LogP contribution in [0.2, 0.25) is 0 Å². The second-order valence-corrected chi connectivity index (χ2v) is 4.47. The zero-order valence-electron chi connectivity index (χ0n) is 11.8. The molecule has 0 radical (unpaired) electrons. The highest BCUT2D eigenvalue weighted by atomic mass is 16.9. The Kier molecular flexibility index (Phi) is 4.39. The average Bonchev–Trinajstić information content (AvgIpc) is 2.85. The van der Waals surface area contributed by atoms with Gasteiger partial charge in [-0.15, -0.1) is 0 Å². The van der Waals surface area contributed by atoms with E-state index in [4.69, 9.17) is 4.74 Å². The molecule has 0 amide bonds. The second-order valence-electron chi connectivity index (χ2n) is 4.47. The van der Waals surface area contributed by atoms with Gasteiger partial charge >= 0.3 is 17.9 Å². The zero-order valence-corrected chi connectivity index (χ0v) is 11.8. The summed E-state index contributed by atoms with van der Waals surface area (Å²) in [6.45, 7) is 1.44. The maximum atomic E-state index is 11.9. The highest BCUT2D eigenvalue weighted by Crippen LogP contribution is 2.31. The molecule has 2 unspecified atom stereocenters. The molecule has 0 aromatic heterocycles. The van der Waals surface area contributed by atoms with Crippen LogP contribution < -0.4 is 0 Å². The fourth-order valence-corrected chi connectivity index (χ4v) is 2.19. The molecule has 0 bridgehead atoms. The minimum atomic E-state index is -1.88. The first kappa shape index (κ1) is 16.1. The van der Waals surface area contributed by atoms with E-state index in [-0.39, 0.29) is 22.8 Å². The maximum Gasteiger partial charge on any atom is 0.406 e. The van der Waals surface area contributed by atoms with Crippen molar-refractivity contribution in [1.82, 2.24) is 0 Å². The van der Waals surface area contributed by atoms with Gasteiger partial charge in [-0.1, -0.05) is 12.1 Å². The molecule has 23 heavy (non-hydrogen) atoms. The van der Waals surface area contributed by atoms with E-state index in [1.54, 1.807) is 0 Å². The molecular formula is C12H11N3O8. The molecule has 1 aliphatic heterocycles. The summed E-state index contributed by atoms with van der Waals surface area (Å²) in [5.74, 6) is -2.50. The third-order valence-electron chi connectivity index (χ3n) is 3.11. The van der Waals surface area contributed by atoms with Gasteiger partial charge in [0.05, 0.1) is 16.4 Å². The molecule has 1 aromatic carbocycles. The normalized spacial score (nSPS) is 20.0. The summed E-state index contributed by atoms with van der Waals surface area (Å²) >= 11 is 0. The summed E-state index contributed by atoms with van der Waals surface area (Å²) in [6, 6.07) is 4.85. The number of benzene rings is 1. The molecule has 122 valence electrons. The molecule has 11 nitrogen and oxygen atoms in total. The van der Waals surface area contributed by atoms with Crippen LogP contribution in [0.5, 0.6) is 0 Å². The number of ether oxygens (including phenoxy) is 1. The molecule has 0 saturated carbocycles. The molecule has 1 heterocycles. The number of hydrogen-bond donors (Lipinski definition) is 0. The fourth-order valence-electron chi connectivity index (χ4n) is 2.19. The number of nitro groups is 2. The van der Waals surface area contributed by atoms with Gasteiger partial charge in [0.15, 0.2) is 5.92 Å². The lowest BCUT2D eigenvalue weighted by molar-refractivity contribution is -0.798. The number of rotatable bonds is 5. The van der Waals surface area contributed by atoms with Gasteiger partial charge in [0.1, 0.15) is 0 Å². The summed E-state index contributed by atoms with van der Waals surface area (Å²) in [5.41, 5.74) is -0.937. The number of carbonyl (C=O) groups is 1. The predicted molar refractivity (Wildman–Crippen MR) is 73.0 cm³/mol. The summed E-state index contributed by atoms with van der Waals surface area (Å²) in [4.78, 5) is 36.5. The third-order valence-corrected chi connectivity index (χ3v) is 3.11. The van der Waals surface area contributed by atoms with Crippen LogP contribution in [0.1, 0.15) is 18.4 Å². The van der Waals surface area contributed by atoms with E-state index >= 15 is 0 Å². The van der Waals surface area contributed by atoms with E-state index in [2.05, 4.69) is 4.84 Å². The number of nitrogens with zero attached hydrogens (tertiary/aromatic N) is 3. The van der Waals surface area contributed by atoms with Gasteiger partial charge in [-0.05, 0) is 12.5 Å². The monoisotopic (exact) mass is 325 g/mol. The van der Waals surface area contributed by atoms with Crippen molar-refractivity contribution in [3.05, 3.63) is 55.3 Å². The lowest BCUT2D eigenvalue weighted by atomic mass is 9.92. The van der Waals surface area contributed by atoms with E-state index in [0.29, 0.717) is 0 Å². The molecule has 11 heteroatoms. The topological polar surface area (TPSA) is 148 Å². The van der Waals surface area contributed by atoms with Gasteiger partial charge in [-0.3, -0.25) is 25.4 Å². The molecule has 2 rings (SSSR count). The van der Waals surface area contributed by atoms with Gasteiger partial charge in [-0.2, -0.15) is 0 Å². The van der Waals surface area contributed by atoms with Gasteiger partial charge in [0.2, 0.25) is 0 Å². The van der Waals surface area contributed by atoms with Crippen LogP contribution in [0.25, 0.3) is 0 Å². The van der Waals surface area contributed by atoms with Gasteiger partial charge in [0.25, 0.3) is 5.69 Å². The second kappa shape index (κ2) is 6.25. The maximum absolute atomic E-state index is 11.9. The first-order valence-electron chi connectivity index (χ1n) is 6.42. The Morgan fingerprint density at radius 3 is 2.65 bits per heavy atom. The largest absolute Gasteiger partial charge is 0.458 e. The lowest BCUT2D eigenvalue weighted by Crippen LogP contribution is -2.33. The quantitative estimate of drug-likeness (QED) is 0.333. The molecule has 1 aliphatic rings. The molecule has 0 aliphatic carbocycles. The minimum Gasteiger partial charge on any atom is -0.458 e. The summed E-state index contributed by atoms with van der Waals surface area (Å²) < 4.78 is 4.70. The van der Waals surface area contributed by atoms with E-state index in [9.17, 15) is 30.2 Å². The van der Waals surface area contributed by atoms with Crippen LogP contribution in [0.4, 0.5) is 5.69 Å². The molecule has 1 aromatic rings. The van der Waals surface area contributed by atoms with Gasteiger partial charge in [0, 0.05) is 17.1 Å². The zero-order chi connectivity index (χ0) is 17.1. The van der Waals surface area contributed by atoms with Gasteiger partial charge < -0.3 is 9.57 Å². The molecule has 0 saturated heterocycles. The van der Waals surface area contributed by atoms with Crippen molar-refractivity contribution in [1.29, 1.82) is 0 Å². The van der Waals surface area contributed by atoms with Crippen LogP contribution >= 0.6 is 0 Å². The number of non-ortho nitro benzene ring substituents is 1. The van der Waals surface area contributed by atoms with Crippen molar-refractivity contribution < 1.29 is 29.1 Å². The van der Waals surface area contributed by atoms with Crippen molar-refractivity contribution in [2.24, 2.45) is 0 Å². The van der Waals surface area contributed by atoms with Crippen LogP contribution in [-0.2, 0) is 14.4 Å². The lowest BCUT2D eigenvalue weighted by Gasteiger charge is -2.11. The third kappa shape index (κ3) is 3.02. The Morgan fingerprint density at radius 2 is 2.09 bits per heavy atom. The molecular weight excluding hydrogens is 314 g/mol. The molecule has 0 spiro atoms. The molecule has 0 N–H and O–H groups in total. The standard InChI is InChI=1S/C12H11N3O8/c1-2-22-12(16)10-9(11(14(19)20)23-15(10)21)7-4-3-5-8(6-7)13(17)18/h3-6,9,11H,2H2,1H3. The number of nitro benzene ring substituents is 1. The van der Waals surface area contributed by atoms with Crippen LogP contribution in [0, 0.1) is 25.4 Å². The summed E-state index contributed by atoms with van der Waals surface area (Å²) in [5, 5.41) is 33.7. The number of hydrogen-bond acceptors (Lipinski definition) is 8. The van der Waals surface area contributed by atoms with Crippen LogP contribution in [0.15, 0.2) is 24.3 Å². The first-order chi connectivity index (χ1) is 10.9. The van der Waals surface area contributed by atoms with Crippen LogP contribution in [0.3, 0.4) is 0 Å². The Balaban J connectivity index is 2.52. The van der Waals surface area contributed by atoms with Crippen molar-refractivity contribution in [2.45, 2.75) is 19.1 Å². The Labute approximate surface area is 128 Å². The number of carbonyl (C=O) groups excluding carboxylic acids is 1. The van der Waals surface area contributed by atoms with Crippen molar-refractivity contribution >= 4 is 17.4 Å².